The smallest absolute Gasteiger partial charge is 0.123 e. The van der Waals surface area contributed by atoms with E-state index in [9.17, 15) is 4.39 Å². The second-order valence-corrected chi connectivity index (χ2v) is 4.06. The maximum absolute atomic E-state index is 12.9. The van der Waals surface area contributed by atoms with Crippen LogP contribution in [-0.4, -0.2) is 6.04 Å². The summed E-state index contributed by atoms with van der Waals surface area (Å²) in [7, 11) is 0. The number of benzene rings is 1. The Labute approximate surface area is 97.2 Å². The standard InChI is InChI=1S/C11H12BrFN2/c1-2-10(6-14)15-7-8-5-9(13)3-4-11(8)12/h3-5,10,15H,2,7H2,1H3. The van der Waals surface area contributed by atoms with Crippen LogP contribution in [0.1, 0.15) is 18.9 Å². The molecule has 0 spiro atoms. The first kappa shape index (κ1) is 12.2. The molecule has 0 aliphatic heterocycles. The predicted molar refractivity (Wildman–Crippen MR) is 60.6 cm³/mol. The number of hydrogen-bond donors (Lipinski definition) is 1. The summed E-state index contributed by atoms with van der Waals surface area (Å²) in [5.41, 5.74) is 0.823. The van der Waals surface area contributed by atoms with E-state index in [1.54, 1.807) is 6.07 Å². The van der Waals surface area contributed by atoms with E-state index in [2.05, 4.69) is 27.3 Å². The third-order valence-electron chi connectivity index (χ3n) is 2.11. The molecule has 1 rings (SSSR count). The lowest BCUT2D eigenvalue weighted by atomic mass is 10.2. The van der Waals surface area contributed by atoms with Gasteiger partial charge in [-0.05, 0) is 30.2 Å². The average molecular weight is 271 g/mol. The van der Waals surface area contributed by atoms with Gasteiger partial charge in [-0.2, -0.15) is 5.26 Å². The molecule has 80 valence electrons. The molecule has 0 saturated carbocycles. The first-order valence-electron chi connectivity index (χ1n) is 4.74. The van der Waals surface area contributed by atoms with Crippen LogP contribution in [0.25, 0.3) is 0 Å². The van der Waals surface area contributed by atoms with Crippen LogP contribution in [0.2, 0.25) is 0 Å². The molecule has 0 aliphatic carbocycles. The third-order valence-corrected chi connectivity index (χ3v) is 2.88. The molecule has 0 fully saturated rings. The molecule has 0 heterocycles. The minimum Gasteiger partial charge on any atom is -0.298 e. The van der Waals surface area contributed by atoms with Crippen molar-refractivity contribution in [1.29, 1.82) is 5.26 Å². The summed E-state index contributed by atoms with van der Waals surface area (Å²) in [4.78, 5) is 0. The molecule has 0 bridgehead atoms. The van der Waals surface area contributed by atoms with Gasteiger partial charge in [-0.15, -0.1) is 0 Å². The highest BCUT2D eigenvalue weighted by atomic mass is 79.9. The Morgan fingerprint density at radius 2 is 2.33 bits per heavy atom. The molecular weight excluding hydrogens is 259 g/mol. The van der Waals surface area contributed by atoms with E-state index in [0.29, 0.717) is 6.54 Å². The first-order chi connectivity index (χ1) is 7.17. The van der Waals surface area contributed by atoms with Gasteiger partial charge >= 0.3 is 0 Å². The van der Waals surface area contributed by atoms with E-state index in [1.807, 2.05) is 6.92 Å². The summed E-state index contributed by atoms with van der Waals surface area (Å²) in [6.45, 7) is 2.42. The number of hydrogen-bond acceptors (Lipinski definition) is 2. The molecule has 0 amide bonds. The van der Waals surface area contributed by atoms with E-state index < -0.39 is 0 Å². The highest BCUT2D eigenvalue weighted by Crippen LogP contribution is 2.17. The fraction of sp³-hybridized carbons (Fsp3) is 0.364. The molecule has 0 saturated heterocycles. The average Bonchev–Trinajstić information content (AvgIpc) is 2.24. The van der Waals surface area contributed by atoms with Gasteiger partial charge in [0, 0.05) is 11.0 Å². The topological polar surface area (TPSA) is 35.8 Å². The Bertz CT molecular complexity index is 373. The van der Waals surface area contributed by atoms with E-state index in [1.165, 1.54) is 12.1 Å². The summed E-state index contributed by atoms with van der Waals surface area (Å²) < 4.78 is 13.8. The number of nitriles is 1. The first-order valence-corrected chi connectivity index (χ1v) is 5.53. The number of rotatable bonds is 4. The van der Waals surface area contributed by atoms with Crippen LogP contribution in [0, 0.1) is 17.1 Å². The molecule has 1 aromatic rings. The number of halogens is 2. The van der Waals surface area contributed by atoms with Gasteiger partial charge in [0.25, 0.3) is 0 Å². The van der Waals surface area contributed by atoms with Crippen molar-refractivity contribution in [1.82, 2.24) is 5.32 Å². The van der Waals surface area contributed by atoms with Gasteiger partial charge in [0.15, 0.2) is 0 Å². The van der Waals surface area contributed by atoms with Crippen molar-refractivity contribution in [3.05, 3.63) is 34.1 Å². The summed E-state index contributed by atoms with van der Waals surface area (Å²) in [5, 5.41) is 11.8. The van der Waals surface area contributed by atoms with Crippen LogP contribution < -0.4 is 5.32 Å². The lowest BCUT2D eigenvalue weighted by Gasteiger charge is -2.10. The monoisotopic (exact) mass is 270 g/mol. The van der Waals surface area contributed by atoms with Crippen LogP contribution in [0.5, 0.6) is 0 Å². The SMILES string of the molecule is CCC(C#N)NCc1cc(F)ccc1Br. The molecular formula is C11H12BrFN2. The Hall–Kier alpha value is -0.920. The minimum atomic E-state index is -0.264. The second kappa shape index (κ2) is 5.84. The van der Waals surface area contributed by atoms with Gasteiger partial charge in [-0.3, -0.25) is 5.32 Å². The minimum absolute atomic E-state index is 0.180. The van der Waals surface area contributed by atoms with Crippen molar-refractivity contribution in [3.63, 3.8) is 0 Å². The normalized spacial score (nSPS) is 12.1. The van der Waals surface area contributed by atoms with Gasteiger partial charge in [0.2, 0.25) is 0 Å². The molecule has 1 unspecified atom stereocenters. The van der Waals surface area contributed by atoms with Crippen molar-refractivity contribution in [2.45, 2.75) is 25.9 Å². The van der Waals surface area contributed by atoms with Crippen molar-refractivity contribution >= 4 is 15.9 Å². The number of nitrogens with zero attached hydrogens (tertiary/aromatic N) is 1. The summed E-state index contributed by atoms with van der Waals surface area (Å²) >= 11 is 3.33. The molecule has 0 radical (unpaired) electrons. The molecule has 1 aromatic carbocycles. The maximum atomic E-state index is 12.9. The quantitative estimate of drug-likeness (QED) is 0.913. The molecule has 4 heteroatoms. The zero-order valence-electron chi connectivity index (χ0n) is 8.43. The summed E-state index contributed by atoms with van der Waals surface area (Å²) in [5.74, 6) is -0.264. The van der Waals surface area contributed by atoms with Gasteiger partial charge in [0.1, 0.15) is 5.82 Å². The Morgan fingerprint density at radius 3 is 2.93 bits per heavy atom. The second-order valence-electron chi connectivity index (χ2n) is 3.21. The molecule has 1 N–H and O–H groups in total. The van der Waals surface area contributed by atoms with Crippen LogP contribution >= 0.6 is 15.9 Å². The van der Waals surface area contributed by atoms with Crippen molar-refractivity contribution < 1.29 is 4.39 Å². The summed E-state index contributed by atoms with van der Waals surface area (Å²) in [6.07, 6.45) is 0.740. The fourth-order valence-electron chi connectivity index (χ4n) is 1.19. The molecule has 1 atom stereocenters. The predicted octanol–water partition coefficient (Wildman–Crippen LogP) is 2.98. The number of nitrogens with one attached hydrogen (secondary N) is 1. The van der Waals surface area contributed by atoms with Gasteiger partial charge in [-0.1, -0.05) is 22.9 Å². The zero-order chi connectivity index (χ0) is 11.3. The van der Waals surface area contributed by atoms with Gasteiger partial charge in [-0.25, -0.2) is 4.39 Å². The molecule has 0 aliphatic rings. The molecule has 2 nitrogen and oxygen atoms in total. The Morgan fingerprint density at radius 1 is 1.60 bits per heavy atom. The zero-order valence-corrected chi connectivity index (χ0v) is 10.0. The maximum Gasteiger partial charge on any atom is 0.123 e. The van der Waals surface area contributed by atoms with Crippen LogP contribution in [0.4, 0.5) is 4.39 Å². The largest absolute Gasteiger partial charge is 0.298 e. The van der Waals surface area contributed by atoms with E-state index in [-0.39, 0.29) is 11.9 Å². The fourth-order valence-corrected chi connectivity index (χ4v) is 1.58. The highest BCUT2D eigenvalue weighted by Gasteiger charge is 2.06. The van der Waals surface area contributed by atoms with Crippen LogP contribution in [0.3, 0.4) is 0 Å². The lowest BCUT2D eigenvalue weighted by molar-refractivity contribution is 0.579. The summed E-state index contributed by atoms with van der Waals surface area (Å²) in [6, 6.07) is 6.48. The lowest BCUT2D eigenvalue weighted by Crippen LogP contribution is -2.26. The van der Waals surface area contributed by atoms with Crippen molar-refractivity contribution in [3.8, 4) is 6.07 Å². The van der Waals surface area contributed by atoms with Gasteiger partial charge < -0.3 is 0 Å². The Kier molecular flexibility index (Phi) is 4.73. The van der Waals surface area contributed by atoms with Crippen molar-refractivity contribution in [2.24, 2.45) is 0 Å². The third kappa shape index (κ3) is 3.61. The Balaban J connectivity index is 2.65. The highest BCUT2D eigenvalue weighted by molar-refractivity contribution is 9.10. The van der Waals surface area contributed by atoms with E-state index in [0.717, 1.165) is 16.5 Å². The van der Waals surface area contributed by atoms with Crippen LogP contribution in [-0.2, 0) is 6.54 Å². The van der Waals surface area contributed by atoms with Gasteiger partial charge in [0.05, 0.1) is 12.1 Å². The molecule has 0 aromatic heterocycles. The molecule has 15 heavy (non-hydrogen) atoms. The van der Waals surface area contributed by atoms with E-state index in [4.69, 9.17) is 5.26 Å². The van der Waals surface area contributed by atoms with Crippen LogP contribution in [0.15, 0.2) is 22.7 Å². The van der Waals surface area contributed by atoms with Crippen molar-refractivity contribution in [2.75, 3.05) is 0 Å². The van der Waals surface area contributed by atoms with E-state index >= 15 is 0 Å².